The average Bonchev–Trinajstić information content (AvgIpc) is 2.52. The summed E-state index contributed by atoms with van der Waals surface area (Å²) >= 11 is 0. The summed E-state index contributed by atoms with van der Waals surface area (Å²) in [7, 11) is 0. The molecule has 0 amide bonds. The van der Waals surface area contributed by atoms with Gasteiger partial charge in [0.15, 0.2) is 11.5 Å². The molecular formula is C7H8N2O4. The molecule has 0 aliphatic heterocycles. The van der Waals surface area contributed by atoms with Crippen LogP contribution in [-0.2, 0) is 0 Å². The third kappa shape index (κ3) is 2.12. The maximum Gasteiger partial charge on any atom is 0.433 e. The van der Waals surface area contributed by atoms with Gasteiger partial charge in [0.05, 0.1) is 6.07 Å². The molecule has 0 aromatic carbocycles. The molecule has 0 unspecified atom stereocenters. The lowest BCUT2D eigenvalue weighted by atomic mass is 10.2. The summed E-state index contributed by atoms with van der Waals surface area (Å²) in [6.07, 6.45) is 0.130. The van der Waals surface area contributed by atoms with Crippen LogP contribution in [0.15, 0.2) is 16.5 Å². The number of hydrogen-bond donors (Lipinski definition) is 1. The molecular weight excluding hydrogens is 176 g/mol. The highest BCUT2D eigenvalue weighted by Crippen LogP contribution is 2.16. The van der Waals surface area contributed by atoms with Gasteiger partial charge in [-0.3, -0.25) is 14.9 Å². The number of ketones is 1. The third-order valence-corrected chi connectivity index (χ3v) is 1.42. The Morgan fingerprint density at radius 1 is 1.62 bits per heavy atom. The van der Waals surface area contributed by atoms with E-state index in [0.717, 1.165) is 6.07 Å². The van der Waals surface area contributed by atoms with Crippen LogP contribution < -0.4 is 5.73 Å². The summed E-state index contributed by atoms with van der Waals surface area (Å²) in [6, 6.07) is 2.42. The highest BCUT2D eigenvalue weighted by Gasteiger charge is 2.16. The highest BCUT2D eigenvalue weighted by atomic mass is 16.6. The first-order valence-corrected chi connectivity index (χ1v) is 3.62. The summed E-state index contributed by atoms with van der Waals surface area (Å²) < 4.78 is 4.66. The van der Waals surface area contributed by atoms with E-state index in [4.69, 9.17) is 5.73 Å². The number of carbonyl (C=O) groups is 1. The first kappa shape index (κ1) is 9.40. The zero-order valence-corrected chi connectivity index (χ0v) is 6.73. The number of nitro groups is 1. The SMILES string of the molecule is NCCC(=O)c1ccc([N+](=O)[O-])o1. The first-order valence-electron chi connectivity index (χ1n) is 3.62. The second kappa shape index (κ2) is 3.81. The van der Waals surface area contributed by atoms with Gasteiger partial charge in [-0.2, -0.15) is 0 Å². The Hall–Kier alpha value is -1.69. The molecule has 70 valence electrons. The number of rotatable bonds is 4. The zero-order chi connectivity index (χ0) is 9.84. The van der Waals surface area contributed by atoms with Gasteiger partial charge in [-0.25, -0.2) is 0 Å². The van der Waals surface area contributed by atoms with Crippen LogP contribution in [0.5, 0.6) is 0 Å². The van der Waals surface area contributed by atoms with Crippen molar-refractivity contribution in [3.05, 3.63) is 28.0 Å². The Morgan fingerprint density at radius 3 is 2.77 bits per heavy atom. The van der Waals surface area contributed by atoms with Crippen molar-refractivity contribution in [1.29, 1.82) is 0 Å². The Balaban J connectivity index is 2.79. The Bertz CT molecular complexity index is 331. The number of carbonyl (C=O) groups excluding carboxylic acids is 1. The van der Waals surface area contributed by atoms with Gasteiger partial charge in [0, 0.05) is 6.42 Å². The second-order valence-electron chi connectivity index (χ2n) is 2.36. The van der Waals surface area contributed by atoms with Crippen molar-refractivity contribution >= 4 is 11.7 Å². The van der Waals surface area contributed by atoms with Gasteiger partial charge in [0.2, 0.25) is 0 Å². The lowest BCUT2D eigenvalue weighted by molar-refractivity contribution is -0.402. The number of nitrogens with two attached hydrogens (primary N) is 1. The van der Waals surface area contributed by atoms with Crippen molar-refractivity contribution in [2.45, 2.75) is 6.42 Å². The van der Waals surface area contributed by atoms with Gasteiger partial charge in [0.1, 0.15) is 4.92 Å². The molecule has 1 rings (SSSR count). The molecule has 1 aromatic heterocycles. The topological polar surface area (TPSA) is 99.4 Å². The van der Waals surface area contributed by atoms with E-state index in [9.17, 15) is 14.9 Å². The molecule has 0 aliphatic carbocycles. The highest BCUT2D eigenvalue weighted by molar-refractivity contribution is 5.93. The van der Waals surface area contributed by atoms with Crippen LogP contribution in [0.4, 0.5) is 5.88 Å². The lowest BCUT2D eigenvalue weighted by Gasteiger charge is -1.90. The fraction of sp³-hybridized carbons (Fsp3) is 0.286. The molecule has 0 atom stereocenters. The number of Topliss-reactive ketones (excluding diaryl/α,β-unsaturated/α-hetero) is 1. The van der Waals surface area contributed by atoms with E-state index < -0.39 is 10.8 Å². The lowest BCUT2D eigenvalue weighted by Crippen LogP contribution is -2.07. The van der Waals surface area contributed by atoms with E-state index in [1.165, 1.54) is 6.07 Å². The van der Waals surface area contributed by atoms with Gasteiger partial charge < -0.3 is 10.2 Å². The summed E-state index contributed by atoms with van der Waals surface area (Å²) in [5.74, 6) is -0.770. The largest absolute Gasteiger partial charge is 0.433 e. The van der Waals surface area contributed by atoms with Crippen LogP contribution in [0.25, 0.3) is 0 Å². The zero-order valence-electron chi connectivity index (χ0n) is 6.73. The standard InChI is InChI=1S/C7H8N2O4/c8-4-3-5(10)6-1-2-7(13-6)9(11)12/h1-2H,3-4,8H2. The number of nitrogens with zero attached hydrogens (tertiary/aromatic N) is 1. The molecule has 0 fully saturated rings. The molecule has 13 heavy (non-hydrogen) atoms. The normalized spacial score (nSPS) is 9.92. The minimum Gasteiger partial charge on any atom is -0.397 e. The average molecular weight is 184 g/mol. The van der Waals surface area contributed by atoms with Gasteiger partial charge in [-0.05, 0) is 12.6 Å². The molecule has 0 spiro atoms. The predicted molar refractivity (Wildman–Crippen MR) is 43.4 cm³/mol. The van der Waals surface area contributed by atoms with Gasteiger partial charge >= 0.3 is 5.88 Å². The van der Waals surface area contributed by atoms with Crippen LogP contribution >= 0.6 is 0 Å². The summed E-state index contributed by atoms with van der Waals surface area (Å²) in [5, 5.41) is 10.2. The third-order valence-electron chi connectivity index (χ3n) is 1.42. The van der Waals surface area contributed by atoms with Crippen LogP contribution in [0, 0.1) is 10.1 Å². The Kier molecular flexibility index (Phi) is 2.76. The van der Waals surface area contributed by atoms with Gasteiger partial charge in [-0.1, -0.05) is 0 Å². The van der Waals surface area contributed by atoms with Crippen molar-refractivity contribution in [3.63, 3.8) is 0 Å². The van der Waals surface area contributed by atoms with Crippen LogP contribution in [0.1, 0.15) is 17.0 Å². The minimum atomic E-state index is -0.695. The molecule has 0 bridgehead atoms. The monoisotopic (exact) mass is 184 g/mol. The van der Waals surface area contributed by atoms with Crippen LogP contribution in [0.3, 0.4) is 0 Å². The molecule has 1 heterocycles. The van der Waals surface area contributed by atoms with Gasteiger partial charge in [0.25, 0.3) is 0 Å². The number of hydrogen-bond acceptors (Lipinski definition) is 5. The first-order chi connectivity index (χ1) is 6.15. The van der Waals surface area contributed by atoms with Crippen molar-refractivity contribution in [3.8, 4) is 0 Å². The van der Waals surface area contributed by atoms with E-state index in [-0.39, 0.29) is 24.5 Å². The Labute approximate surface area is 73.5 Å². The van der Waals surface area contributed by atoms with E-state index in [2.05, 4.69) is 4.42 Å². The molecule has 0 saturated heterocycles. The second-order valence-corrected chi connectivity index (χ2v) is 2.36. The molecule has 0 aliphatic rings. The van der Waals surface area contributed by atoms with Crippen molar-refractivity contribution < 1.29 is 14.1 Å². The molecule has 2 N–H and O–H groups in total. The van der Waals surface area contributed by atoms with Gasteiger partial charge in [-0.15, -0.1) is 0 Å². The molecule has 1 aromatic rings. The smallest absolute Gasteiger partial charge is 0.397 e. The van der Waals surface area contributed by atoms with E-state index in [1.807, 2.05) is 0 Å². The van der Waals surface area contributed by atoms with Crippen LogP contribution in [0.2, 0.25) is 0 Å². The summed E-state index contributed by atoms with van der Waals surface area (Å²) in [5.41, 5.74) is 5.14. The predicted octanol–water partition coefficient (Wildman–Crippen LogP) is 0.719. The van der Waals surface area contributed by atoms with E-state index >= 15 is 0 Å². The van der Waals surface area contributed by atoms with E-state index in [0.29, 0.717) is 0 Å². The van der Waals surface area contributed by atoms with Crippen LogP contribution in [-0.4, -0.2) is 17.3 Å². The maximum atomic E-state index is 11.1. The maximum absolute atomic E-state index is 11.1. The molecule has 6 heteroatoms. The fourth-order valence-corrected chi connectivity index (χ4v) is 0.830. The summed E-state index contributed by atoms with van der Waals surface area (Å²) in [4.78, 5) is 20.6. The van der Waals surface area contributed by atoms with Crippen molar-refractivity contribution in [2.24, 2.45) is 5.73 Å². The van der Waals surface area contributed by atoms with Crippen molar-refractivity contribution in [2.75, 3.05) is 6.54 Å². The number of furan rings is 1. The van der Waals surface area contributed by atoms with E-state index in [1.54, 1.807) is 0 Å². The molecule has 0 radical (unpaired) electrons. The quantitative estimate of drug-likeness (QED) is 0.422. The fourth-order valence-electron chi connectivity index (χ4n) is 0.830. The Morgan fingerprint density at radius 2 is 2.31 bits per heavy atom. The van der Waals surface area contributed by atoms with Crippen molar-refractivity contribution in [1.82, 2.24) is 0 Å². The minimum absolute atomic E-state index is 0.0165. The summed E-state index contributed by atoms with van der Waals surface area (Å²) in [6.45, 7) is 0.202. The molecule has 0 saturated carbocycles. The molecule has 6 nitrogen and oxygen atoms in total.